The molecule has 1 heterocycles. The Labute approximate surface area is 114 Å². The fourth-order valence-corrected chi connectivity index (χ4v) is 2.12. The fraction of sp³-hybridized carbons (Fsp3) is 0.533. The normalized spacial score (nSPS) is 13.9. The van der Waals surface area contributed by atoms with Crippen molar-refractivity contribution in [3.8, 4) is 0 Å². The van der Waals surface area contributed by atoms with Crippen LogP contribution in [0, 0.1) is 6.92 Å². The molecular formula is C15H23N3O. The first-order valence-electron chi connectivity index (χ1n) is 6.77. The van der Waals surface area contributed by atoms with Gasteiger partial charge in [0.15, 0.2) is 0 Å². The molecule has 0 saturated heterocycles. The maximum Gasteiger partial charge on any atom is 0.106 e. The number of hydrogen-bond donors (Lipinski definition) is 2. The first-order valence-corrected chi connectivity index (χ1v) is 6.77. The number of hydrogen-bond acceptors (Lipinski definition) is 3. The molecule has 0 bridgehead atoms. The van der Waals surface area contributed by atoms with E-state index in [1.165, 1.54) is 0 Å². The minimum Gasteiger partial charge on any atom is -0.389 e. The van der Waals surface area contributed by atoms with E-state index in [9.17, 15) is 5.11 Å². The predicted octanol–water partition coefficient (Wildman–Crippen LogP) is 2.09. The van der Waals surface area contributed by atoms with Gasteiger partial charge in [0, 0.05) is 19.1 Å². The number of benzene rings is 1. The van der Waals surface area contributed by atoms with E-state index in [0.717, 1.165) is 29.9 Å². The van der Waals surface area contributed by atoms with Crippen molar-refractivity contribution in [2.24, 2.45) is 0 Å². The first-order chi connectivity index (χ1) is 8.89. The zero-order valence-corrected chi connectivity index (χ0v) is 12.1. The van der Waals surface area contributed by atoms with E-state index in [4.69, 9.17) is 0 Å². The van der Waals surface area contributed by atoms with Crippen LogP contribution in [0.2, 0.25) is 0 Å². The topological polar surface area (TPSA) is 50.1 Å². The highest BCUT2D eigenvalue weighted by molar-refractivity contribution is 5.75. The van der Waals surface area contributed by atoms with Gasteiger partial charge in [0.2, 0.25) is 0 Å². The third kappa shape index (κ3) is 3.14. The lowest BCUT2D eigenvalue weighted by Gasteiger charge is -2.27. The molecule has 4 nitrogen and oxygen atoms in total. The summed E-state index contributed by atoms with van der Waals surface area (Å²) in [5, 5.41) is 13.2. The van der Waals surface area contributed by atoms with Crippen LogP contribution < -0.4 is 5.32 Å². The molecule has 0 fully saturated rings. The first kappa shape index (κ1) is 14.0. The van der Waals surface area contributed by atoms with Crippen LogP contribution in [0.5, 0.6) is 0 Å². The molecule has 2 aromatic rings. The number of nitrogens with zero attached hydrogens (tertiary/aromatic N) is 2. The zero-order chi connectivity index (χ0) is 14.0. The van der Waals surface area contributed by atoms with Crippen molar-refractivity contribution < 1.29 is 5.11 Å². The molecule has 0 spiro atoms. The summed E-state index contributed by atoms with van der Waals surface area (Å²) in [5.41, 5.74) is 1.50. The molecule has 1 aromatic heterocycles. The third-order valence-electron chi connectivity index (χ3n) is 3.69. The van der Waals surface area contributed by atoms with Gasteiger partial charge in [0.25, 0.3) is 0 Å². The number of para-hydroxylation sites is 2. The van der Waals surface area contributed by atoms with E-state index in [2.05, 4.69) is 20.9 Å². The molecule has 0 aliphatic heterocycles. The third-order valence-corrected chi connectivity index (χ3v) is 3.69. The molecule has 0 saturated carbocycles. The molecule has 1 atom stereocenters. The summed E-state index contributed by atoms with van der Waals surface area (Å²) in [6.07, 6.45) is 0. The fourth-order valence-electron chi connectivity index (χ4n) is 2.12. The molecule has 1 aromatic carbocycles. The minimum atomic E-state index is -0.702. The molecule has 19 heavy (non-hydrogen) atoms. The van der Waals surface area contributed by atoms with Crippen molar-refractivity contribution in [1.29, 1.82) is 0 Å². The summed E-state index contributed by atoms with van der Waals surface area (Å²) in [4.78, 5) is 4.55. The second-order valence-electron chi connectivity index (χ2n) is 5.63. The highest BCUT2D eigenvalue weighted by Gasteiger charge is 2.21. The van der Waals surface area contributed by atoms with Gasteiger partial charge in [-0.15, -0.1) is 0 Å². The average molecular weight is 261 g/mol. The van der Waals surface area contributed by atoms with Gasteiger partial charge in [0.1, 0.15) is 5.82 Å². The lowest BCUT2D eigenvalue weighted by atomic mass is 10.0. The highest BCUT2D eigenvalue weighted by atomic mass is 16.3. The summed E-state index contributed by atoms with van der Waals surface area (Å²) in [7, 11) is 0. The molecule has 2 N–H and O–H groups in total. The van der Waals surface area contributed by atoms with Crippen LogP contribution in [-0.4, -0.2) is 32.8 Å². The molecule has 1 unspecified atom stereocenters. The number of aliphatic hydroxyl groups is 1. The van der Waals surface area contributed by atoms with Crippen molar-refractivity contribution in [1.82, 2.24) is 14.9 Å². The second kappa shape index (κ2) is 5.31. The van der Waals surface area contributed by atoms with E-state index in [-0.39, 0.29) is 6.04 Å². The Balaban J connectivity index is 2.04. The predicted molar refractivity (Wildman–Crippen MR) is 78.2 cm³/mol. The van der Waals surface area contributed by atoms with Gasteiger partial charge in [0.05, 0.1) is 16.6 Å². The van der Waals surface area contributed by atoms with Crippen molar-refractivity contribution in [2.45, 2.75) is 45.9 Å². The summed E-state index contributed by atoms with van der Waals surface area (Å²) in [5.74, 6) is 1.03. The van der Waals surface area contributed by atoms with E-state index in [1.807, 2.05) is 45.9 Å². The largest absolute Gasteiger partial charge is 0.389 e. The average Bonchev–Trinajstić information content (AvgIpc) is 2.64. The van der Waals surface area contributed by atoms with Crippen LogP contribution in [0.15, 0.2) is 24.3 Å². The van der Waals surface area contributed by atoms with Crippen molar-refractivity contribution in [3.63, 3.8) is 0 Å². The Kier molecular flexibility index (Phi) is 3.92. The van der Waals surface area contributed by atoms with Gasteiger partial charge < -0.3 is 15.0 Å². The minimum absolute atomic E-state index is 0.0580. The van der Waals surface area contributed by atoms with E-state index >= 15 is 0 Å². The maximum atomic E-state index is 9.89. The maximum absolute atomic E-state index is 9.89. The van der Waals surface area contributed by atoms with Gasteiger partial charge in [-0.25, -0.2) is 4.98 Å². The van der Waals surface area contributed by atoms with Crippen LogP contribution in [0.1, 0.15) is 26.6 Å². The second-order valence-corrected chi connectivity index (χ2v) is 5.63. The summed E-state index contributed by atoms with van der Waals surface area (Å²) in [6.45, 7) is 9.34. The molecule has 4 heteroatoms. The van der Waals surface area contributed by atoms with E-state index in [1.54, 1.807) is 0 Å². The monoisotopic (exact) mass is 261 g/mol. The Hall–Kier alpha value is -1.39. The van der Waals surface area contributed by atoms with Gasteiger partial charge in [-0.3, -0.25) is 0 Å². The van der Waals surface area contributed by atoms with Crippen LogP contribution in [-0.2, 0) is 6.54 Å². The van der Waals surface area contributed by atoms with Crippen molar-refractivity contribution in [2.75, 3.05) is 6.54 Å². The summed E-state index contributed by atoms with van der Waals surface area (Å²) < 4.78 is 2.21. The standard InChI is InChI=1S/C15H23N3O/c1-11(15(3,4)19)16-9-10-18-12(2)17-13-7-5-6-8-14(13)18/h5-8,11,16,19H,9-10H2,1-4H3. The Morgan fingerprint density at radius 2 is 2.05 bits per heavy atom. The number of nitrogens with one attached hydrogen (secondary N) is 1. The van der Waals surface area contributed by atoms with Crippen LogP contribution >= 0.6 is 0 Å². The Morgan fingerprint density at radius 3 is 2.74 bits per heavy atom. The van der Waals surface area contributed by atoms with Gasteiger partial charge >= 0.3 is 0 Å². The molecule has 2 rings (SSSR count). The SMILES string of the molecule is Cc1nc2ccccc2n1CCNC(C)C(C)(C)O. The van der Waals surface area contributed by atoms with Crippen molar-refractivity contribution >= 4 is 11.0 Å². The lowest BCUT2D eigenvalue weighted by Crippen LogP contribution is -2.45. The number of fused-ring (bicyclic) bond motifs is 1. The van der Waals surface area contributed by atoms with Gasteiger partial charge in [-0.1, -0.05) is 12.1 Å². The van der Waals surface area contributed by atoms with Crippen molar-refractivity contribution in [3.05, 3.63) is 30.1 Å². The molecule has 0 radical (unpaired) electrons. The van der Waals surface area contributed by atoms with Gasteiger partial charge in [-0.05, 0) is 39.8 Å². The summed E-state index contributed by atoms with van der Waals surface area (Å²) >= 11 is 0. The molecule has 0 aliphatic rings. The van der Waals surface area contributed by atoms with Crippen LogP contribution in [0.3, 0.4) is 0 Å². The summed E-state index contributed by atoms with van der Waals surface area (Å²) in [6, 6.07) is 8.23. The van der Waals surface area contributed by atoms with E-state index < -0.39 is 5.60 Å². The lowest BCUT2D eigenvalue weighted by molar-refractivity contribution is 0.0442. The smallest absolute Gasteiger partial charge is 0.106 e. The molecular weight excluding hydrogens is 238 g/mol. The van der Waals surface area contributed by atoms with Crippen LogP contribution in [0.25, 0.3) is 11.0 Å². The number of aromatic nitrogens is 2. The number of imidazole rings is 1. The van der Waals surface area contributed by atoms with Gasteiger partial charge in [-0.2, -0.15) is 0 Å². The Bertz CT molecular complexity index is 554. The van der Waals surface area contributed by atoms with E-state index in [0.29, 0.717) is 0 Å². The Morgan fingerprint density at radius 1 is 1.37 bits per heavy atom. The molecule has 0 aliphatic carbocycles. The highest BCUT2D eigenvalue weighted by Crippen LogP contribution is 2.15. The number of aryl methyl sites for hydroxylation is 1. The number of rotatable bonds is 5. The molecule has 104 valence electrons. The molecule has 0 amide bonds. The quantitative estimate of drug-likeness (QED) is 0.866. The van der Waals surface area contributed by atoms with Crippen LogP contribution in [0.4, 0.5) is 0 Å². The zero-order valence-electron chi connectivity index (χ0n) is 12.1.